The van der Waals surface area contributed by atoms with E-state index in [9.17, 15) is 34.2 Å². The van der Waals surface area contributed by atoms with E-state index in [1.54, 1.807) is 32.6 Å². The predicted molar refractivity (Wildman–Crippen MR) is 151 cm³/mol. The molecule has 1 amide bonds. The molecular formula is C31H36N4O7. The molecule has 4 N–H and O–H groups in total. The van der Waals surface area contributed by atoms with E-state index in [4.69, 9.17) is 5.73 Å². The van der Waals surface area contributed by atoms with E-state index in [0.29, 0.717) is 23.7 Å². The summed E-state index contributed by atoms with van der Waals surface area (Å²) in [6, 6.07) is 4.25. The van der Waals surface area contributed by atoms with Gasteiger partial charge in [0.05, 0.1) is 17.5 Å². The van der Waals surface area contributed by atoms with Gasteiger partial charge in [-0.3, -0.25) is 38.8 Å². The van der Waals surface area contributed by atoms with Crippen molar-refractivity contribution in [3.63, 3.8) is 0 Å². The van der Waals surface area contributed by atoms with Gasteiger partial charge in [0.15, 0.2) is 34.7 Å². The summed E-state index contributed by atoms with van der Waals surface area (Å²) >= 11 is 0. The van der Waals surface area contributed by atoms with Gasteiger partial charge in [-0.2, -0.15) is 0 Å². The smallest absolute Gasteiger partial charge is 0.235 e. The highest BCUT2D eigenvalue weighted by atomic mass is 16.3. The molecule has 3 aliphatic rings. The van der Waals surface area contributed by atoms with Gasteiger partial charge in [-0.1, -0.05) is 6.07 Å². The fourth-order valence-electron chi connectivity index (χ4n) is 7.07. The van der Waals surface area contributed by atoms with Gasteiger partial charge in [0, 0.05) is 36.5 Å². The van der Waals surface area contributed by atoms with Crippen LogP contribution in [-0.4, -0.2) is 92.9 Å². The number of rotatable bonds is 6. The zero-order valence-electron chi connectivity index (χ0n) is 24.3. The lowest BCUT2D eigenvalue weighted by Gasteiger charge is -2.52. The number of carbonyl (C=O) groups is 5. The Bertz CT molecular complexity index is 1520. The number of hydrogen-bond donors (Lipinski definition) is 3. The molecular weight excluding hydrogens is 540 g/mol. The first kappa shape index (κ1) is 29.7. The van der Waals surface area contributed by atoms with Crippen molar-refractivity contribution in [3.05, 3.63) is 47.3 Å². The van der Waals surface area contributed by atoms with Gasteiger partial charge in [-0.25, -0.2) is 0 Å². The number of hydrogen-bond acceptors (Lipinski definition) is 10. The Morgan fingerprint density at radius 3 is 2.43 bits per heavy atom. The summed E-state index contributed by atoms with van der Waals surface area (Å²) in [5.41, 5.74) is 5.51. The zero-order chi connectivity index (χ0) is 30.8. The number of aliphatic hydroxyl groups is 1. The summed E-state index contributed by atoms with van der Waals surface area (Å²) in [4.78, 5) is 74.8. The van der Waals surface area contributed by atoms with Crippen LogP contribution < -0.4 is 5.73 Å². The Morgan fingerprint density at radius 2 is 1.81 bits per heavy atom. The quantitative estimate of drug-likeness (QED) is 0.417. The van der Waals surface area contributed by atoms with E-state index < -0.39 is 64.4 Å². The van der Waals surface area contributed by atoms with Crippen molar-refractivity contribution in [2.24, 2.45) is 29.4 Å². The molecule has 0 radical (unpaired) electrons. The number of primary amides is 1. The number of ketones is 4. The summed E-state index contributed by atoms with van der Waals surface area (Å²) < 4.78 is 0. The fourth-order valence-corrected chi connectivity index (χ4v) is 7.07. The Kier molecular flexibility index (Phi) is 7.41. The van der Waals surface area contributed by atoms with Gasteiger partial charge in [0.25, 0.3) is 0 Å². The molecule has 1 aromatic carbocycles. The summed E-state index contributed by atoms with van der Waals surface area (Å²) in [5.74, 6) is -10.6. The first-order valence-corrected chi connectivity index (χ1v) is 14.0. The minimum absolute atomic E-state index is 0.00351. The van der Waals surface area contributed by atoms with Gasteiger partial charge < -0.3 is 15.9 Å². The predicted octanol–water partition coefficient (Wildman–Crippen LogP) is 0.769. The van der Waals surface area contributed by atoms with Crippen molar-refractivity contribution < 1.29 is 34.2 Å². The highest BCUT2D eigenvalue weighted by molar-refractivity contribution is 6.32. The van der Waals surface area contributed by atoms with E-state index in [2.05, 4.69) is 23.7 Å². The van der Waals surface area contributed by atoms with E-state index >= 15 is 0 Å². The van der Waals surface area contributed by atoms with Crippen LogP contribution in [0.5, 0.6) is 5.75 Å². The van der Waals surface area contributed by atoms with E-state index in [0.717, 1.165) is 11.1 Å². The largest absolute Gasteiger partial charge is 0.507 e. The molecule has 2 unspecified atom stereocenters. The zero-order valence-corrected chi connectivity index (χ0v) is 24.3. The molecule has 2 fully saturated rings. The Labute approximate surface area is 243 Å². The third-order valence-corrected chi connectivity index (χ3v) is 9.36. The van der Waals surface area contributed by atoms with Crippen LogP contribution in [0.2, 0.25) is 0 Å². The van der Waals surface area contributed by atoms with Gasteiger partial charge in [0.2, 0.25) is 5.91 Å². The lowest BCUT2D eigenvalue weighted by atomic mass is 9.52. The van der Waals surface area contributed by atoms with Crippen LogP contribution in [0.15, 0.2) is 30.6 Å². The summed E-state index contributed by atoms with van der Waals surface area (Å²) in [6.07, 6.45) is 3.63. The molecule has 0 spiro atoms. The van der Waals surface area contributed by atoms with Crippen LogP contribution in [0.4, 0.5) is 0 Å². The lowest BCUT2D eigenvalue weighted by Crippen LogP contribution is -2.74. The number of aromatic hydroxyl groups is 1. The van der Waals surface area contributed by atoms with E-state index in [1.807, 2.05) is 13.1 Å². The Hall–Kier alpha value is -3.80. The van der Waals surface area contributed by atoms with Gasteiger partial charge in [0.1, 0.15) is 5.75 Å². The maximum absolute atomic E-state index is 14.0. The van der Waals surface area contributed by atoms with E-state index in [-0.39, 0.29) is 24.2 Å². The number of phenols is 1. The molecule has 42 heavy (non-hydrogen) atoms. The molecule has 0 bridgehead atoms. The maximum Gasteiger partial charge on any atom is 0.235 e. The van der Waals surface area contributed by atoms with Crippen LogP contribution in [0.3, 0.4) is 0 Å². The SMILES string of the molecule is CC(C)N(C)Cc1cncc(-c2ccc(O)c3c2C[C@H]2C[C@H]4[C@H](N(C)C)C(=O)C(C(N)=O)C(=O)[C@@]4(O)C(=O)C2C3=O)c1. The maximum atomic E-state index is 14.0. The summed E-state index contributed by atoms with van der Waals surface area (Å²) in [6.45, 7) is 4.83. The van der Waals surface area contributed by atoms with Crippen LogP contribution in [0.25, 0.3) is 11.1 Å². The van der Waals surface area contributed by atoms with Crippen molar-refractivity contribution in [2.45, 2.75) is 50.9 Å². The van der Waals surface area contributed by atoms with Crippen molar-refractivity contribution in [2.75, 3.05) is 21.1 Å². The number of benzene rings is 1. The van der Waals surface area contributed by atoms with Crippen LogP contribution in [0.1, 0.15) is 41.8 Å². The van der Waals surface area contributed by atoms with Crippen molar-refractivity contribution >= 4 is 29.0 Å². The highest BCUT2D eigenvalue weighted by Crippen LogP contribution is 2.51. The number of Topliss-reactive ketones (excluding diaryl/α,β-unsaturated/α-hetero) is 4. The highest BCUT2D eigenvalue weighted by Gasteiger charge is 2.69. The van der Waals surface area contributed by atoms with Crippen molar-refractivity contribution in [1.29, 1.82) is 0 Å². The average Bonchev–Trinajstić information content (AvgIpc) is 2.90. The number of aromatic nitrogens is 1. The molecule has 3 aliphatic carbocycles. The minimum Gasteiger partial charge on any atom is -0.507 e. The number of nitrogens with two attached hydrogens (primary N) is 1. The monoisotopic (exact) mass is 576 g/mol. The lowest BCUT2D eigenvalue weighted by molar-refractivity contribution is -0.181. The summed E-state index contributed by atoms with van der Waals surface area (Å²) in [5, 5.41) is 22.5. The van der Waals surface area contributed by atoms with Gasteiger partial charge >= 0.3 is 0 Å². The number of fused-ring (bicyclic) bond motifs is 3. The van der Waals surface area contributed by atoms with Crippen LogP contribution in [0, 0.1) is 23.7 Å². The van der Waals surface area contributed by atoms with Crippen LogP contribution >= 0.6 is 0 Å². The fraction of sp³-hybridized carbons (Fsp3) is 0.484. The first-order valence-electron chi connectivity index (χ1n) is 14.0. The molecule has 2 aromatic rings. The first-order chi connectivity index (χ1) is 19.7. The summed E-state index contributed by atoms with van der Waals surface area (Å²) in [7, 11) is 5.12. The molecule has 1 aromatic heterocycles. The molecule has 222 valence electrons. The molecule has 11 heteroatoms. The second-order valence-corrected chi connectivity index (χ2v) is 12.4. The third kappa shape index (κ3) is 4.38. The molecule has 11 nitrogen and oxygen atoms in total. The minimum atomic E-state index is -2.75. The molecule has 0 saturated heterocycles. The standard InChI is InChI=1S/C31H36N4O7/c1-14(2)35(5)13-15-8-17(12-33-11-15)18-6-7-21(36)23-19(18)9-16-10-20-25(34(3)4)27(38)24(30(32)41)29(40)31(20,42)28(39)22(16)26(23)37/h6-8,11-12,14,16,20,22,24-25,36,42H,9-10,13H2,1-5H3,(H2,32,41)/t16-,20-,22?,24?,25-,31-/m0/s1. The number of pyridine rings is 1. The number of phenolic OH excluding ortho intramolecular Hbond substituents is 1. The normalized spacial score (nSPS) is 29.1. The van der Waals surface area contributed by atoms with Crippen molar-refractivity contribution in [3.8, 4) is 16.9 Å². The molecule has 6 atom stereocenters. The molecule has 2 saturated carbocycles. The number of nitrogens with zero attached hydrogens (tertiary/aromatic N) is 3. The molecule has 5 rings (SSSR count). The number of carbonyl (C=O) groups excluding carboxylic acids is 5. The molecule has 1 heterocycles. The Balaban J connectivity index is 1.60. The van der Waals surface area contributed by atoms with E-state index in [1.165, 1.54) is 11.0 Å². The van der Waals surface area contributed by atoms with Gasteiger partial charge in [-0.05, 0) is 82.6 Å². The Morgan fingerprint density at radius 1 is 1.12 bits per heavy atom. The van der Waals surface area contributed by atoms with Crippen LogP contribution in [-0.2, 0) is 32.1 Å². The topological polar surface area (TPSA) is 171 Å². The van der Waals surface area contributed by atoms with Crippen molar-refractivity contribution in [1.82, 2.24) is 14.8 Å². The second-order valence-electron chi connectivity index (χ2n) is 12.4. The third-order valence-electron chi connectivity index (χ3n) is 9.36. The second kappa shape index (κ2) is 10.5. The van der Waals surface area contributed by atoms with Gasteiger partial charge in [-0.15, -0.1) is 0 Å². The number of likely N-dealkylation sites (N-methyl/N-ethyl adjacent to an activating group) is 1. The average molecular weight is 577 g/mol. The molecule has 0 aliphatic heterocycles. The number of amides is 1.